The summed E-state index contributed by atoms with van der Waals surface area (Å²) in [4.78, 5) is 237. The number of aliphatic hydroxyl groups excluding tert-OH is 9. The highest BCUT2D eigenvalue weighted by Crippen LogP contribution is 2.71. The average Bonchev–Trinajstić information content (AvgIpc) is 1.63. The molecule has 150 heavy (non-hydrogen) atoms. The van der Waals surface area contributed by atoms with Gasteiger partial charge in [0, 0.05) is 64.7 Å². The van der Waals surface area contributed by atoms with Gasteiger partial charge in [-0.1, -0.05) is 43.6 Å². The van der Waals surface area contributed by atoms with Crippen LogP contribution in [-0.2, 0) is 158 Å². The number of hydrogen-bond acceptors (Lipinski definition) is 54. The fraction of sp³-hybridized carbons (Fsp3) is 0.608. The van der Waals surface area contributed by atoms with E-state index in [4.69, 9.17) is 179 Å². The Morgan fingerprint density at radius 1 is 0.267 bits per heavy atom. The maximum Gasteiger partial charge on any atom is 0.490 e. The van der Waals surface area contributed by atoms with E-state index in [9.17, 15) is 163 Å². The van der Waals surface area contributed by atoms with E-state index in [0.717, 1.165) is 32.3 Å². The summed E-state index contributed by atoms with van der Waals surface area (Å²) in [6.45, 7) is -8.58. The van der Waals surface area contributed by atoms with Crippen LogP contribution in [0.25, 0.3) is 0 Å². The van der Waals surface area contributed by atoms with E-state index in [1.54, 1.807) is 13.8 Å². The van der Waals surface area contributed by atoms with Gasteiger partial charge in [-0.25, -0.2) is 78.1 Å². The molecule has 34 N–H and O–H groups in total. The number of aliphatic hydroxyl groups is 9. The van der Waals surface area contributed by atoms with Crippen molar-refractivity contribution in [3.63, 3.8) is 0 Å². The molecule has 78 nitrogen and oxygen atoms in total. The molecular formula is C51H87N10O68P15S6. The van der Waals surface area contributed by atoms with Crippen molar-refractivity contribution in [1.82, 2.24) is 47.8 Å². The van der Waals surface area contributed by atoms with Crippen molar-refractivity contribution >= 4 is 191 Å². The monoisotopic (exact) mass is 2590 g/mol. The fourth-order valence-corrected chi connectivity index (χ4v) is 26.8. The third-order valence-corrected chi connectivity index (χ3v) is 37.7. The Morgan fingerprint density at radius 3 is 0.707 bits per heavy atom. The van der Waals surface area contributed by atoms with Crippen molar-refractivity contribution in [3.05, 3.63) is 129 Å². The molecular weight excluding hydrogens is 2500 g/mol. The molecule has 5 saturated heterocycles. The van der Waals surface area contributed by atoms with E-state index < -0.39 is 295 Å². The first-order chi connectivity index (χ1) is 71.2. The summed E-state index contributed by atoms with van der Waals surface area (Å²) in [5.41, 5.74) is -1.92. The lowest BCUT2D eigenvalue weighted by Crippen LogP contribution is -2.38. The van der Waals surface area contributed by atoms with Crippen LogP contribution in [0.15, 0.2) is 50.2 Å². The normalized spacial score (nSPS) is 30.2. The van der Waals surface area contributed by atoms with Crippen LogP contribution in [0.1, 0.15) is 79.6 Å². The number of H-pyrrole nitrogens is 5. The second kappa shape index (κ2) is 52.7. The van der Waals surface area contributed by atoms with Crippen LogP contribution in [0.2, 0.25) is 0 Å². The molecule has 15 unspecified atom stereocenters. The van der Waals surface area contributed by atoms with Crippen LogP contribution >= 0.6 is 191 Å². The summed E-state index contributed by atoms with van der Waals surface area (Å²) in [7, 11) is -87.5. The first kappa shape index (κ1) is 120. The summed E-state index contributed by atoms with van der Waals surface area (Å²) in [6, 6.07) is 0. The Labute approximate surface area is 875 Å². The minimum Gasteiger partial charge on any atom is -0.390 e. The first-order valence-electron chi connectivity index (χ1n) is 42.5. The van der Waals surface area contributed by atoms with E-state index in [-0.39, 0.29) is 34.7 Å². The molecule has 5 fully saturated rings. The molecule has 10 rings (SSSR count). The van der Waals surface area contributed by atoms with Crippen molar-refractivity contribution < 1.29 is 315 Å². The van der Waals surface area contributed by atoms with E-state index in [2.05, 4.69) is 85.7 Å². The smallest absolute Gasteiger partial charge is 0.390 e. The fourth-order valence-electron chi connectivity index (χ4n) is 11.1. The number of rotatable bonds is 40. The van der Waals surface area contributed by atoms with Crippen LogP contribution in [0.4, 0.5) is 0 Å². The van der Waals surface area contributed by atoms with Crippen LogP contribution in [-0.4, -0.2) is 310 Å². The van der Waals surface area contributed by atoms with Gasteiger partial charge in [0.05, 0.1) is 52.6 Å². The van der Waals surface area contributed by atoms with Gasteiger partial charge in [0.15, 0.2) is 39.2 Å². The highest BCUT2D eigenvalue weighted by Gasteiger charge is 2.54. The molecule has 0 amide bonds. The van der Waals surface area contributed by atoms with Gasteiger partial charge < -0.3 is 177 Å². The van der Waals surface area contributed by atoms with Gasteiger partial charge in [0.25, 0.3) is 11.1 Å². The highest BCUT2D eigenvalue weighted by molar-refractivity contribution is 7.73. The van der Waals surface area contributed by atoms with Crippen molar-refractivity contribution in [2.45, 2.75) is 158 Å². The zero-order valence-electron chi connectivity index (χ0n) is 83.2. The number of nitrogens with zero attached hydrogens (tertiary/aromatic N) is 5. The van der Waals surface area contributed by atoms with Crippen molar-refractivity contribution in [2.75, 3.05) is 32.8 Å². The number of phosphoric acid groups is 15. The van der Waals surface area contributed by atoms with Crippen LogP contribution < -0.4 is 22.5 Å². The molecule has 5 aromatic heterocycles. The minimum atomic E-state index is -5.98. The zero-order chi connectivity index (χ0) is 124. The first-order valence-corrected chi connectivity index (χ1v) is 62.5. The lowest BCUT2D eigenvalue weighted by molar-refractivity contribution is -0.0543. The zero-order valence-corrected chi connectivity index (χ0v) is 91.5. The molecule has 5 aliphatic rings. The van der Waals surface area contributed by atoms with Crippen LogP contribution in [0, 0.1) is 68.8 Å². The number of hydrogen-bond donors (Lipinski definition) is 34. The van der Waals surface area contributed by atoms with Gasteiger partial charge in [-0.15, -0.1) is 0 Å². The Kier molecular flexibility index (Phi) is 42.1. The second-order valence-electron chi connectivity index (χ2n) is 28.9. The predicted octanol–water partition coefficient (Wildman–Crippen LogP) is -1.47. The van der Waals surface area contributed by atoms with E-state index >= 15 is 0 Å². The summed E-state index contributed by atoms with van der Waals surface area (Å²) in [6.07, 6.45) is -30.7. The van der Waals surface area contributed by atoms with E-state index in [1.807, 2.05) is 4.98 Å². The molecule has 860 valence electrons. The Morgan fingerprint density at radius 2 is 0.453 bits per heavy atom. The Hall–Kier alpha value is -2.59. The molecule has 5 aliphatic heterocycles. The van der Waals surface area contributed by atoms with Crippen LogP contribution in [0.3, 0.4) is 0 Å². The summed E-state index contributed by atoms with van der Waals surface area (Å²) < 4.78 is 334. The lowest BCUT2D eigenvalue weighted by Gasteiger charge is -2.20. The highest BCUT2D eigenvalue weighted by atomic mass is 32.1. The molecule has 30 atom stereocenters. The Bertz CT molecular complexity index is 6700. The number of aryl methyl sites for hydroxylation is 5. The van der Waals surface area contributed by atoms with Crippen molar-refractivity contribution in [1.29, 1.82) is 0 Å². The quantitative estimate of drug-likeness (QED) is 0.0157. The van der Waals surface area contributed by atoms with Gasteiger partial charge in [-0.2, -0.15) is 43.1 Å². The number of aromatic nitrogens is 10. The number of nitrogens with one attached hydrogen (secondary N) is 5. The number of phosphoric ester groups is 5. The van der Waals surface area contributed by atoms with Crippen LogP contribution in [0.5, 0.6) is 0 Å². The molecule has 0 saturated carbocycles. The molecule has 10 heterocycles. The molecule has 0 aliphatic carbocycles. The molecule has 0 aromatic carbocycles. The van der Waals surface area contributed by atoms with Gasteiger partial charge >= 0.3 is 129 Å². The van der Waals surface area contributed by atoms with Gasteiger partial charge in [-0.05, 0) is 71.3 Å². The standard InChI is InChI=1S/C11H19N2O12P3S2.C10H17N2O15P3.2C10H17N2O14P3S.C10H17N2O13P3S2/c1-5-3-13(11(30)12-9(5)29)10-6(2)8(14)7(23-10)4-22-27(18,19)25-28(20,21)24-26(15,16)17;1-4-2-12(10(16)11-8(4)15)9-7(14)6(13)5(25-9)3-24-29(20,21)27-30(22,23)26-28(17,18)19;1-4-2-12(10(15)11-8(4)30)9-7(14)6(13)5(24-9)3-23-28(19,20)26-29(21,22)25-27(16,17)18;1-4-2-12(10(30)11-8(4)15)9-7(14)6(13)5(24-9)3-23-28(19,20)26-29(21,22)25-27(16,17)18;1-4-2-12(10(30)11-8(4)29)9-7(14)6(13)5(23-9)3-22-27(18,19)25-28(20,21)24-26(15,16)17/h3,6-8,10,14H,4H2,1-2H3,(H,18,19)(H,20,21)(H,12,29,30)(H2,15,16,17);2,5-7,9,13-14H,3H2,1H3,(H,20,21)(H,22,23)(H,11,15,16)(H2,17,18,19);2*2,5-7,9,13-14H,3H2,1H3,(H,19,20)(H,21,22)(H,11,15,30)(H2,16,17,18);2,5-7,9,13-14H,3H2,1H3,(H,18,19)(H,20,21)(H,11,29,30)(H2,15,16,17)/t6-,7+,8?,10+;4*5-,6?,7+,9-/m10000/s1/i4D2;4*3D2. The second-order valence-corrected chi connectivity index (χ2v) is 53.0. The predicted molar refractivity (Wildman–Crippen MR) is 490 cm³/mol. The van der Waals surface area contributed by atoms with E-state index in [1.165, 1.54) is 44.7 Å². The third-order valence-electron chi connectivity index (χ3n) is 17.1. The SMILES string of the molecule is [2H]C([2H])(OP(=O)(O)OP(=O)(O)OP(=O)(O)O)[C@@H]1O[C@H](n2cc(C)c(=O)[nH]c2=O)[C@H](O)C1O.[2H]C([2H])(OP(=O)(O)OP(=O)(O)OP(=O)(O)O)[C@@H]1O[C@H](n2cc(C)c(=O)[nH]c2=S)[C@H](O)C1O.[2H]C([2H])(OP(=O)(O)OP(=O)(O)OP(=O)(O)O)[C@@H]1O[C@H](n2cc(C)c(=S)[nH]c2=O)[C@H](O)C1O.[2H]C([2H])(OP(=O)(O)OP(=O)(O)OP(=O)(O)O)[C@@H]1O[C@H](n2cc(C)c(=S)[nH]c2=S)[C@H](C)C1O.[2H]C([2H])(OP(=O)(O)OP(=O)(O)OP(=O)(O)O)[C@@H]1O[C@H](n2cc(C)c(=S)[nH]c2=S)[C@H](O)C1O. The molecule has 0 bridgehead atoms. The minimum absolute atomic E-state index is 0.0328. The van der Waals surface area contributed by atoms with E-state index in [0.29, 0.717) is 25.9 Å². The van der Waals surface area contributed by atoms with Gasteiger partial charge in [0.1, 0.15) is 99.5 Å². The number of ether oxygens (including phenoxy) is 5. The Balaban J connectivity index is 0.000000304. The van der Waals surface area contributed by atoms with Gasteiger partial charge in [0.2, 0.25) is 0 Å². The van der Waals surface area contributed by atoms with Crippen molar-refractivity contribution in [3.8, 4) is 0 Å². The molecule has 0 spiro atoms. The summed E-state index contributed by atoms with van der Waals surface area (Å²) >= 11 is 30.1. The molecule has 5 aromatic rings. The largest absolute Gasteiger partial charge is 0.490 e. The average molecular weight is 2600 g/mol. The topological polar surface area (TPSA) is 1200 Å². The third kappa shape index (κ3) is 42.4. The number of aromatic amines is 5. The maximum atomic E-state index is 12.1. The maximum absolute atomic E-state index is 12.1. The summed E-state index contributed by atoms with van der Waals surface area (Å²) in [5.74, 6) is -0.838. The van der Waals surface area contributed by atoms with Gasteiger partial charge in [-0.3, -0.25) is 70.0 Å². The molecule has 0 radical (unpaired) electrons. The molecule has 99 heteroatoms. The lowest BCUT2D eigenvalue weighted by atomic mass is 10.0. The summed E-state index contributed by atoms with van der Waals surface area (Å²) in [5, 5.41) is 91.9. The van der Waals surface area contributed by atoms with Crippen molar-refractivity contribution in [2.24, 2.45) is 5.92 Å².